The highest BCUT2D eigenvalue weighted by atomic mass is 19.1. The number of methoxy groups -OCH3 is 1. The van der Waals surface area contributed by atoms with E-state index >= 15 is 0 Å². The first-order valence-corrected chi connectivity index (χ1v) is 7.57. The van der Waals surface area contributed by atoms with E-state index in [0.29, 0.717) is 11.5 Å². The van der Waals surface area contributed by atoms with Gasteiger partial charge >= 0.3 is 0 Å². The van der Waals surface area contributed by atoms with Gasteiger partial charge in [-0.3, -0.25) is 0 Å². The van der Waals surface area contributed by atoms with E-state index in [1.54, 1.807) is 31.2 Å². The van der Waals surface area contributed by atoms with Crippen molar-refractivity contribution in [2.45, 2.75) is 13.0 Å². The predicted molar refractivity (Wildman–Crippen MR) is 88.7 cm³/mol. The summed E-state index contributed by atoms with van der Waals surface area (Å²) in [5.74, 6) is -0.764. The topological polar surface area (TPSA) is 74.5 Å². The lowest BCUT2D eigenvalue weighted by Crippen LogP contribution is -2.10. The molecule has 2 rings (SSSR count). The highest BCUT2D eigenvalue weighted by molar-refractivity contribution is 5.53. The van der Waals surface area contributed by atoms with Crippen molar-refractivity contribution in [2.75, 3.05) is 25.6 Å². The minimum atomic E-state index is -0.835. The average Bonchev–Trinajstić information content (AvgIpc) is 2.62. The molecule has 0 amide bonds. The Hall–Kier alpha value is -2.85. The quantitative estimate of drug-likeness (QED) is 0.802. The average molecular weight is 348 g/mol. The summed E-state index contributed by atoms with van der Waals surface area (Å²) in [6.07, 6.45) is 0. The number of halogens is 2. The Balaban J connectivity index is 2.24. The number of nitriles is 1. The van der Waals surface area contributed by atoms with Gasteiger partial charge in [0.2, 0.25) is 0 Å². The molecule has 0 heterocycles. The molecule has 7 heteroatoms. The zero-order chi connectivity index (χ0) is 18.4. The summed E-state index contributed by atoms with van der Waals surface area (Å²) in [6, 6.07) is 8.30. The largest absolute Gasteiger partial charge is 0.493 e. The van der Waals surface area contributed by atoms with Crippen LogP contribution in [0.3, 0.4) is 0 Å². The number of aliphatic hydroxyl groups excluding tert-OH is 1. The highest BCUT2D eigenvalue weighted by Crippen LogP contribution is 2.32. The van der Waals surface area contributed by atoms with Crippen molar-refractivity contribution in [3.05, 3.63) is 53.1 Å². The van der Waals surface area contributed by atoms with Crippen molar-refractivity contribution in [1.29, 1.82) is 5.26 Å². The summed E-state index contributed by atoms with van der Waals surface area (Å²) in [5.41, 5.74) is 0.336. The standard InChI is InChI=1S/C18H18F2N2O3/c1-11(22-18-14(19)7-12(10-21)8-15(18)20)13-3-4-16(25-6-5-23)17(9-13)24-2/h3-4,7-9,11,22-23H,5-6H2,1-2H3/t11-/m1/s1. The second-order valence-corrected chi connectivity index (χ2v) is 5.28. The van der Waals surface area contributed by atoms with Crippen molar-refractivity contribution >= 4 is 5.69 Å². The van der Waals surface area contributed by atoms with Crippen molar-refractivity contribution in [2.24, 2.45) is 0 Å². The molecule has 0 saturated heterocycles. The summed E-state index contributed by atoms with van der Waals surface area (Å²) < 4.78 is 38.6. The van der Waals surface area contributed by atoms with Crippen LogP contribution < -0.4 is 14.8 Å². The van der Waals surface area contributed by atoms with Crippen LogP contribution in [-0.2, 0) is 0 Å². The first kappa shape index (κ1) is 18.5. The number of rotatable bonds is 7. The highest BCUT2D eigenvalue weighted by Gasteiger charge is 2.16. The Labute approximate surface area is 144 Å². The summed E-state index contributed by atoms with van der Waals surface area (Å²) in [7, 11) is 1.48. The van der Waals surface area contributed by atoms with E-state index in [9.17, 15) is 8.78 Å². The van der Waals surface area contributed by atoms with Gasteiger partial charge < -0.3 is 19.9 Å². The number of hydrogen-bond acceptors (Lipinski definition) is 5. The number of benzene rings is 2. The molecule has 0 aliphatic heterocycles. The van der Waals surface area contributed by atoms with E-state index in [1.165, 1.54) is 7.11 Å². The molecule has 0 spiro atoms. The number of ether oxygens (including phenoxy) is 2. The van der Waals surface area contributed by atoms with Gasteiger partial charge in [0.15, 0.2) is 23.1 Å². The maximum absolute atomic E-state index is 14.0. The maximum atomic E-state index is 14.0. The predicted octanol–water partition coefficient (Wildman–Crippen LogP) is 3.39. The smallest absolute Gasteiger partial charge is 0.161 e. The van der Waals surface area contributed by atoms with Crippen molar-refractivity contribution in [1.82, 2.24) is 0 Å². The van der Waals surface area contributed by atoms with Gasteiger partial charge in [-0.1, -0.05) is 6.07 Å². The molecule has 1 atom stereocenters. The van der Waals surface area contributed by atoms with Gasteiger partial charge in [0.25, 0.3) is 0 Å². The fraction of sp³-hybridized carbons (Fsp3) is 0.278. The van der Waals surface area contributed by atoms with Crippen LogP contribution in [0.5, 0.6) is 11.5 Å². The molecule has 2 N–H and O–H groups in total. The molecule has 5 nitrogen and oxygen atoms in total. The van der Waals surface area contributed by atoms with E-state index in [1.807, 2.05) is 0 Å². The first-order chi connectivity index (χ1) is 12.0. The van der Waals surface area contributed by atoms with Crippen LogP contribution in [0.15, 0.2) is 30.3 Å². The van der Waals surface area contributed by atoms with Crippen LogP contribution in [0.1, 0.15) is 24.1 Å². The fourth-order valence-electron chi connectivity index (χ4n) is 2.30. The summed E-state index contributed by atoms with van der Waals surface area (Å²) in [4.78, 5) is 0. The monoisotopic (exact) mass is 348 g/mol. The van der Waals surface area contributed by atoms with Gasteiger partial charge in [0, 0.05) is 6.04 Å². The van der Waals surface area contributed by atoms with E-state index in [0.717, 1.165) is 17.7 Å². The minimum Gasteiger partial charge on any atom is -0.493 e. The molecule has 25 heavy (non-hydrogen) atoms. The van der Waals surface area contributed by atoms with Crippen LogP contribution in [0.4, 0.5) is 14.5 Å². The Bertz CT molecular complexity index is 767. The zero-order valence-electron chi connectivity index (χ0n) is 13.8. The normalized spacial score (nSPS) is 11.5. The number of anilines is 1. The molecule has 0 bridgehead atoms. The second kappa shape index (κ2) is 8.31. The van der Waals surface area contributed by atoms with E-state index in [-0.39, 0.29) is 24.5 Å². The molecular weight excluding hydrogens is 330 g/mol. The van der Waals surface area contributed by atoms with E-state index in [4.69, 9.17) is 19.8 Å². The van der Waals surface area contributed by atoms with Crippen molar-refractivity contribution in [3.8, 4) is 17.6 Å². The number of nitrogens with one attached hydrogen (secondary N) is 1. The lowest BCUT2D eigenvalue weighted by atomic mass is 10.1. The van der Waals surface area contributed by atoms with E-state index in [2.05, 4.69) is 5.32 Å². The number of hydrogen-bond donors (Lipinski definition) is 2. The molecule has 132 valence electrons. The SMILES string of the molecule is COc1cc([C@@H](C)Nc2c(F)cc(C#N)cc2F)ccc1OCCO. The molecule has 0 fully saturated rings. The first-order valence-electron chi connectivity index (χ1n) is 7.57. The Morgan fingerprint density at radius 2 is 1.88 bits per heavy atom. The van der Waals surface area contributed by atoms with Crippen LogP contribution in [0.25, 0.3) is 0 Å². The molecule has 0 aromatic heterocycles. The lowest BCUT2D eigenvalue weighted by molar-refractivity contribution is 0.196. The molecular formula is C18H18F2N2O3. The number of aliphatic hydroxyl groups is 1. The van der Waals surface area contributed by atoms with Gasteiger partial charge in [-0.05, 0) is 36.8 Å². The van der Waals surface area contributed by atoms with Crippen LogP contribution in [0.2, 0.25) is 0 Å². The van der Waals surface area contributed by atoms with Crippen LogP contribution in [-0.4, -0.2) is 25.4 Å². The van der Waals surface area contributed by atoms with Crippen molar-refractivity contribution < 1.29 is 23.4 Å². The van der Waals surface area contributed by atoms with Gasteiger partial charge in [-0.25, -0.2) is 8.78 Å². The van der Waals surface area contributed by atoms with Gasteiger partial charge in [-0.15, -0.1) is 0 Å². The Kier molecular flexibility index (Phi) is 6.14. The second-order valence-electron chi connectivity index (χ2n) is 5.28. The summed E-state index contributed by atoms with van der Waals surface area (Å²) in [5, 5.41) is 20.3. The molecule has 0 aliphatic carbocycles. The third-order valence-corrected chi connectivity index (χ3v) is 3.57. The molecule has 0 aliphatic rings. The molecule has 0 unspecified atom stereocenters. The zero-order valence-corrected chi connectivity index (χ0v) is 13.8. The van der Waals surface area contributed by atoms with Crippen LogP contribution >= 0.6 is 0 Å². The maximum Gasteiger partial charge on any atom is 0.161 e. The fourth-order valence-corrected chi connectivity index (χ4v) is 2.30. The van der Waals surface area contributed by atoms with Gasteiger partial charge in [-0.2, -0.15) is 5.26 Å². The van der Waals surface area contributed by atoms with E-state index < -0.39 is 17.7 Å². The van der Waals surface area contributed by atoms with Gasteiger partial charge in [0.1, 0.15) is 12.3 Å². The van der Waals surface area contributed by atoms with Gasteiger partial charge in [0.05, 0.1) is 25.3 Å². The third-order valence-electron chi connectivity index (χ3n) is 3.57. The number of nitrogens with zero attached hydrogens (tertiary/aromatic N) is 1. The molecule has 2 aromatic carbocycles. The third kappa shape index (κ3) is 4.37. The minimum absolute atomic E-state index is 0.0831. The lowest BCUT2D eigenvalue weighted by Gasteiger charge is -2.19. The molecule has 0 radical (unpaired) electrons. The Morgan fingerprint density at radius 1 is 1.20 bits per heavy atom. The molecule has 0 saturated carbocycles. The van der Waals surface area contributed by atoms with Crippen LogP contribution in [0, 0.1) is 23.0 Å². The summed E-state index contributed by atoms with van der Waals surface area (Å²) in [6.45, 7) is 1.74. The summed E-state index contributed by atoms with van der Waals surface area (Å²) >= 11 is 0. The Morgan fingerprint density at radius 3 is 2.44 bits per heavy atom. The molecule has 2 aromatic rings. The van der Waals surface area contributed by atoms with Crippen molar-refractivity contribution in [3.63, 3.8) is 0 Å².